The molecule has 0 saturated carbocycles. The zero-order valence-electron chi connectivity index (χ0n) is 15.6. The van der Waals surface area contributed by atoms with Crippen LogP contribution in [0, 0.1) is 0 Å². The van der Waals surface area contributed by atoms with E-state index in [4.69, 9.17) is 23.7 Å². The van der Waals surface area contributed by atoms with Gasteiger partial charge in [0.15, 0.2) is 17.2 Å². The van der Waals surface area contributed by atoms with Crippen LogP contribution in [0.15, 0.2) is 17.7 Å². The number of hydrogen-bond acceptors (Lipinski definition) is 9. The fraction of sp³-hybridized carbons (Fsp3) is 0.706. The second-order valence-corrected chi connectivity index (χ2v) is 8.83. The third-order valence-electron chi connectivity index (χ3n) is 4.87. The van der Waals surface area contributed by atoms with E-state index in [1.54, 1.807) is 6.33 Å². The number of hydrogen-bond donors (Lipinski definition) is 1. The lowest BCUT2D eigenvalue weighted by molar-refractivity contribution is -0.267. The van der Waals surface area contributed by atoms with Crippen molar-refractivity contribution in [2.24, 2.45) is 0 Å². The summed E-state index contributed by atoms with van der Waals surface area (Å²) in [4.78, 5) is 15.8. The van der Waals surface area contributed by atoms with Crippen molar-refractivity contribution in [1.29, 1.82) is 0 Å². The van der Waals surface area contributed by atoms with Gasteiger partial charge >= 0.3 is 0 Å². The molecule has 0 radical (unpaired) electrons. The summed E-state index contributed by atoms with van der Waals surface area (Å²) in [5.41, 5.74) is 1.42. The number of thioether (sulfide) groups is 1. The van der Waals surface area contributed by atoms with Crippen LogP contribution < -0.4 is 0 Å². The van der Waals surface area contributed by atoms with Crippen LogP contribution in [0.25, 0.3) is 11.2 Å². The normalized spacial score (nSPS) is 36.7. The van der Waals surface area contributed by atoms with Crippen LogP contribution in [-0.2, 0) is 23.7 Å². The van der Waals surface area contributed by atoms with E-state index in [1.807, 2.05) is 27.7 Å². The minimum Gasteiger partial charge on any atom is -0.344 e. The Balaban J connectivity index is 1.43. The summed E-state index contributed by atoms with van der Waals surface area (Å²) in [5.74, 6) is -1.92. The summed E-state index contributed by atoms with van der Waals surface area (Å²) in [6.45, 7) is 7.95. The molecule has 5 rings (SSSR count). The van der Waals surface area contributed by atoms with Gasteiger partial charge in [-0.3, -0.25) is 0 Å². The monoisotopic (exact) mass is 394 g/mol. The predicted molar refractivity (Wildman–Crippen MR) is 95.0 cm³/mol. The van der Waals surface area contributed by atoms with Crippen molar-refractivity contribution in [2.45, 2.75) is 68.4 Å². The van der Waals surface area contributed by atoms with Gasteiger partial charge < -0.3 is 28.7 Å². The van der Waals surface area contributed by atoms with Crippen molar-refractivity contribution in [1.82, 2.24) is 19.9 Å². The highest BCUT2D eigenvalue weighted by atomic mass is 32.2. The Bertz CT molecular complexity index is 874. The number of nitrogens with one attached hydrogen (secondary N) is 1. The quantitative estimate of drug-likeness (QED) is 0.617. The summed E-state index contributed by atoms with van der Waals surface area (Å²) in [5, 5.41) is 0.786. The minimum atomic E-state index is -0.948. The topological polar surface area (TPSA) is 101 Å². The number of imidazole rings is 1. The smallest absolute Gasteiger partial charge is 0.210 e. The molecule has 2 aromatic rings. The lowest BCUT2D eigenvalue weighted by Gasteiger charge is -2.40. The second-order valence-electron chi connectivity index (χ2n) is 7.87. The first-order chi connectivity index (χ1) is 12.8. The zero-order valence-corrected chi connectivity index (χ0v) is 16.4. The van der Waals surface area contributed by atoms with Gasteiger partial charge in [0.25, 0.3) is 0 Å². The molecule has 4 atom stereocenters. The van der Waals surface area contributed by atoms with Gasteiger partial charge in [0.2, 0.25) is 5.79 Å². The van der Waals surface area contributed by atoms with Crippen molar-refractivity contribution >= 4 is 22.9 Å². The van der Waals surface area contributed by atoms with Crippen molar-refractivity contribution in [3.63, 3.8) is 0 Å². The van der Waals surface area contributed by atoms with Gasteiger partial charge in [-0.25, -0.2) is 15.0 Å². The molecule has 10 heteroatoms. The molecule has 1 N–H and O–H groups in total. The first kappa shape index (κ1) is 17.8. The Morgan fingerprint density at radius 2 is 1.96 bits per heavy atom. The van der Waals surface area contributed by atoms with Crippen LogP contribution in [0.4, 0.5) is 0 Å². The van der Waals surface area contributed by atoms with E-state index in [0.717, 1.165) is 10.5 Å². The molecule has 0 unspecified atom stereocenters. The van der Waals surface area contributed by atoms with Crippen LogP contribution in [0.3, 0.4) is 0 Å². The maximum Gasteiger partial charge on any atom is 0.210 e. The number of aromatic amines is 1. The Hall–Kier alpha value is -1.30. The third-order valence-corrected chi connectivity index (χ3v) is 6.00. The Kier molecular flexibility index (Phi) is 3.85. The van der Waals surface area contributed by atoms with Crippen LogP contribution in [0.5, 0.6) is 0 Å². The van der Waals surface area contributed by atoms with Crippen LogP contribution in [0.2, 0.25) is 0 Å². The summed E-state index contributed by atoms with van der Waals surface area (Å²) in [6, 6.07) is 0. The molecule has 3 saturated heterocycles. The summed E-state index contributed by atoms with van der Waals surface area (Å²) >= 11 is 1.51. The van der Waals surface area contributed by atoms with Gasteiger partial charge in [-0.2, -0.15) is 0 Å². The third kappa shape index (κ3) is 2.95. The number of ether oxygens (including phenoxy) is 5. The van der Waals surface area contributed by atoms with Crippen molar-refractivity contribution in [3.8, 4) is 0 Å². The van der Waals surface area contributed by atoms with E-state index < -0.39 is 23.5 Å². The molecular formula is C17H22N4O5S. The molecule has 2 aromatic heterocycles. The van der Waals surface area contributed by atoms with E-state index in [2.05, 4.69) is 19.9 Å². The molecule has 0 aliphatic carbocycles. The molecule has 0 amide bonds. The first-order valence-corrected chi connectivity index (χ1v) is 9.90. The molecular weight excluding hydrogens is 372 g/mol. The summed E-state index contributed by atoms with van der Waals surface area (Å²) < 4.78 is 30.8. The molecule has 0 bridgehead atoms. The fourth-order valence-corrected chi connectivity index (χ4v) is 5.03. The maximum absolute atomic E-state index is 6.26. The first-order valence-electron chi connectivity index (χ1n) is 8.91. The average molecular weight is 394 g/mol. The van der Waals surface area contributed by atoms with Gasteiger partial charge in [-0.1, -0.05) is 11.8 Å². The Morgan fingerprint density at radius 3 is 2.81 bits per heavy atom. The fourth-order valence-electron chi connectivity index (χ4n) is 3.97. The van der Waals surface area contributed by atoms with Crippen LogP contribution >= 0.6 is 11.8 Å². The van der Waals surface area contributed by atoms with Gasteiger partial charge in [-0.15, -0.1) is 0 Å². The van der Waals surface area contributed by atoms with Gasteiger partial charge in [-0.05, 0) is 27.7 Å². The van der Waals surface area contributed by atoms with Crippen molar-refractivity contribution in [3.05, 3.63) is 12.7 Å². The Labute approximate surface area is 160 Å². The molecule has 146 valence electrons. The molecule has 27 heavy (non-hydrogen) atoms. The number of H-pyrrole nitrogens is 1. The van der Waals surface area contributed by atoms with E-state index in [0.29, 0.717) is 18.0 Å². The molecule has 3 aliphatic rings. The molecule has 9 nitrogen and oxygen atoms in total. The van der Waals surface area contributed by atoms with Gasteiger partial charge in [0.1, 0.15) is 35.2 Å². The lowest BCUT2D eigenvalue weighted by Crippen LogP contribution is -2.59. The number of nitrogens with zero attached hydrogens (tertiary/aromatic N) is 3. The second kappa shape index (κ2) is 5.85. The number of aromatic nitrogens is 4. The average Bonchev–Trinajstić information content (AvgIpc) is 3.25. The van der Waals surface area contributed by atoms with Gasteiger partial charge in [0, 0.05) is 0 Å². The van der Waals surface area contributed by atoms with E-state index in [1.165, 1.54) is 18.1 Å². The standard InChI is InChI=1S/C17H22N4O5S/c1-15(2)23-9-5-22-17(12(11(9)24-15)25-16(3,4)26-17)6-27-14-10-13(19-7-18-10)20-8-21-14/h7-9,11-12H,5-6H2,1-4H3,(H,18,19,20,21)/t9-,11-,12-,17+/m1/s1. The van der Waals surface area contributed by atoms with E-state index in [-0.39, 0.29) is 12.2 Å². The van der Waals surface area contributed by atoms with Crippen LogP contribution in [-0.4, -0.2) is 68.0 Å². The summed E-state index contributed by atoms with van der Waals surface area (Å²) in [6.07, 6.45) is 2.27. The van der Waals surface area contributed by atoms with E-state index >= 15 is 0 Å². The van der Waals surface area contributed by atoms with Gasteiger partial charge in [0.05, 0.1) is 18.7 Å². The zero-order chi connectivity index (χ0) is 18.9. The highest BCUT2D eigenvalue weighted by Crippen LogP contribution is 2.49. The van der Waals surface area contributed by atoms with E-state index in [9.17, 15) is 0 Å². The van der Waals surface area contributed by atoms with Crippen molar-refractivity contribution in [2.75, 3.05) is 12.4 Å². The number of rotatable bonds is 3. The lowest BCUT2D eigenvalue weighted by atomic mass is 9.98. The summed E-state index contributed by atoms with van der Waals surface area (Å²) in [7, 11) is 0. The molecule has 3 fully saturated rings. The number of fused-ring (bicyclic) bond motifs is 4. The van der Waals surface area contributed by atoms with Crippen LogP contribution in [0.1, 0.15) is 27.7 Å². The highest BCUT2D eigenvalue weighted by molar-refractivity contribution is 7.99. The van der Waals surface area contributed by atoms with Crippen molar-refractivity contribution < 1.29 is 23.7 Å². The highest BCUT2D eigenvalue weighted by Gasteiger charge is 2.65. The largest absolute Gasteiger partial charge is 0.344 e. The Morgan fingerprint density at radius 1 is 1.11 bits per heavy atom. The SMILES string of the molecule is CC1(C)O[C@H]2[C@H]3OC(C)(C)O[C@]3(CSc3ncnc4nc[nH]c34)OC[C@H]2O1. The molecule has 3 aliphatic heterocycles. The molecule has 5 heterocycles. The predicted octanol–water partition coefficient (Wildman–Crippen LogP) is 1.84. The minimum absolute atomic E-state index is 0.181. The molecule has 0 aromatic carbocycles. The molecule has 0 spiro atoms. The maximum atomic E-state index is 6.26.